The Kier molecular flexibility index (Phi) is 4.46. The van der Waals surface area contributed by atoms with Crippen molar-refractivity contribution in [2.75, 3.05) is 24.8 Å². The van der Waals surface area contributed by atoms with Crippen molar-refractivity contribution in [3.8, 4) is 5.95 Å². The number of ether oxygens (including phenoxy) is 1. The van der Waals surface area contributed by atoms with Crippen LogP contribution in [0.5, 0.6) is 0 Å². The van der Waals surface area contributed by atoms with E-state index < -0.39 is 0 Å². The predicted octanol–water partition coefficient (Wildman–Crippen LogP) is 0.722. The van der Waals surface area contributed by atoms with Crippen LogP contribution in [-0.2, 0) is 4.74 Å². The van der Waals surface area contributed by atoms with Crippen LogP contribution in [-0.4, -0.2) is 44.5 Å². The minimum Gasteiger partial charge on any atom is -0.383 e. The molecule has 0 saturated carbocycles. The molecule has 0 aliphatic heterocycles. The summed E-state index contributed by atoms with van der Waals surface area (Å²) >= 11 is 0. The SMILES string of the molecule is COCC(Nc1nc(N)nc(-n2cccn2)n1)C(C)C. The third-order valence-corrected chi connectivity index (χ3v) is 2.82. The summed E-state index contributed by atoms with van der Waals surface area (Å²) < 4.78 is 6.72. The number of nitrogens with two attached hydrogens (primary N) is 1. The Hall–Kier alpha value is -2.22. The Balaban J connectivity index is 2.23. The molecule has 0 aliphatic rings. The van der Waals surface area contributed by atoms with Crippen LogP contribution in [0.1, 0.15) is 13.8 Å². The van der Waals surface area contributed by atoms with Gasteiger partial charge >= 0.3 is 0 Å². The maximum Gasteiger partial charge on any atom is 0.257 e. The molecular formula is C12H19N7O. The first-order valence-electron chi connectivity index (χ1n) is 6.37. The topological polar surface area (TPSA) is 104 Å². The second-order valence-corrected chi connectivity index (χ2v) is 4.72. The zero-order valence-corrected chi connectivity index (χ0v) is 11.8. The summed E-state index contributed by atoms with van der Waals surface area (Å²) in [5.41, 5.74) is 5.72. The molecule has 0 aliphatic carbocycles. The molecule has 2 heterocycles. The van der Waals surface area contributed by atoms with Crippen LogP contribution >= 0.6 is 0 Å². The standard InChI is InChI=1S/C12H19N7O/c1-8(2)9(7-20-3)15-11-16-10(13)17-12(18-11)19-6-4-5-14-19/h4-6,8-9H,7H2,1-3H3,(H3,13,15,16,17,18). The van der Waals surface area contributed by atoms with E-state index in [4.69, 9.17) is 10.5 Å². The van der Waals surface area contributed by atoms with Crippen molar-refractivity contribution < 1.29 is 4.74 Å². The molecule has 2 aromatic heterocycles. The Morgan fingerprint density at radius 1 is 1.35 bits per heavy atom. The van der Waals surface area contributed by atoms with E-state index in [0.717, 1.165) is 0 Å². The number of aromatic nitrogens is 5. The quantitative estimate of drug-likeness (QED) is 0.801. The average molecular weight is 277 g/mol. The first kappa shape index (κ1) is 14.2. The summed E-state index contributed by atoms with van der Waals surface area (Å²) in [4.78, 5) is 12.5. The molecule has 2 aromatic rings. The minimum absolute atomic E-state index is 0.0901. The lowest BCUT2D eigenvalue weighted by Gasteiger charge is -2.21. The van der Waals surface area contributed by atoms with Gasteiger partial charge in [0.05, 0.1) is 12.6 Å². The van der Waals surface area contributed by atoms with Gasteiger partial charge in [-0.25, -0.2) is 4.68 Å². The van der Waals surface area contributed by atoms with E-state index in [9.17, 15) is 0 Å². The predicted molar refractivity (Wildman–Crippen MR) is 75.5 cm³/mol. The van der Waals surface area contributed by atoms with Gasteiger partial charge in [0.2, 0.25) is 11.9 Å². The monoisotopic (exact) mass is 277 g/mol. The molecular weight excluding hydrogens is 258 g/mol. The van der Waals surface area contributed by atoms with Gasteiger partial charge in [-0.15, -0.1) is 0 Å². The van der Waals surface area contributed by atoms with Gasteiger partial charge in [0.25, 0.3) is 5.95 Å². The van der Waals surface area contributed by atoms with E-state index >= 15 is 0 Å². The van der Waals surface area contributed by atoms with Gasteiger partial charge < -0.3 is 15.8 Å². The first-order chi connectivity index (χ1) is 9.60. The summed E-state index contributed by atoms with van der Waals surface area (Å²) in [6.45, 7) is 4.74. The molecule has 0 aromatic carbocycles. The van der Waals surface area contributed by atoms with Crippen molar-refractivity contribution >= 4 is 11.9 Å². The van der Waals surface area contributed by atoms with Gasteiger partial charge in [0, 0.05) is 19.5 Å². The van der Waals surface area contributed by atoms with Crippen LogP contribution in [0.2, 0.25) is 0 Å². The molecule has 0 bridgehead atoms. The van der Waals surface area contributed by atoms with Gasteiger partial charge in [-0.2, -0.15) is 20.1 Å². The number of hydrogen-bond acceptors (Lipinski definition) is 7. The van der Waals surface area contributed by atoms with E-state index in [1.165, 1.54) is 4.68 Å². The number of nitrogens with one attached hydrogen (secondary N) is 1. The van der Waals surface area contributed by atoms with Crippen LogP contribution in [0.15, 0.2) is 18.5 Å². The van der Waals surface area contributed by atoms with Gasteiger partial charge in [-0.1, -0.05) is 13.8 Å². The number of anilines is 2. The summed E-state index contributed by atoms with van der Waals surface area (Å²) in [5, 5.41) is 7.29. The number of nitrogens with zero attached hydrogens (tertiary/aromatic N) is 5. The Labute approximate surface area is 117 Å². The highest BCUT2D eigenvalue weighted by atomic mass is 16.5. The average Bonchev–Trinajstić information content (AvgIpc) is 2.91. The van der Waals surface area contributed by atoms with E-state index in [0.29, 0.717) is 24.4 Å². The summed E-state index contributed by atoms with van der Waals surface area (Å²) in [5.74, 6) is 1.30. The van der Waals surface area contributed by atoms with E-state index in [2.05, 4.69) is 39.2 Å². The maximum atomic E-state index is 5.72. The summed E-state index contributed by atoms with van der Waals surface area (Å²) in [7, 11) is 1.66. The fraction of sp³-hybridized carbons (Fsp3) is 0.500. The molecule has 1 atom stereocenters. The van der Waals surface area contributed by atoms with Gasteiger partial charge in [0.15, 0.2) is 0 Å². The second kappa shape index (κ2) is 6.29. The third-order valence-electron chi connectivity index (χ3n) is 2.82. The zero-order valence-electron chi connectivity index (χ0n) is 11.8. The van der Waals surface area contributed by atoms with Crippen LogP contribution in [0, 0.1) is 5.92 Å². The highest BCUT2D eigenvalue weighted by molar-refractivity contribution is 5.35. The molecule has 0 radical (unpaired) electrons. The van der Waals surface area contributed by atoms with Gasteiger partial charge in [-0.3, -0.25) is 0 Å². The lowest BCUT2D eigenvalue weighted by molar-refractivity contribution is 0.171. The second-order valence-electron chi connectivity index (χ2n) is 4.72. The summed E-state index contributed by atoms with van der Waals surface area (Å²) in [6, 6.07) is 1.88. The van der Waals surface area contributed by atoms with Gasteiger partial charge in [-0.05, 0) is 12.0 Å². The smallest absolute Gasteiger partial charge is 0.257 e. The molecule has 2 rings (SSSR count). The number of hydrogen-bond donors (Lipinski definition) is 2. The molecule has 0 spiro atoms. The molecule has 0 amide bonds. The molecule has 20 heavy (non-hydrogen) atoms. The van der Waals surface area contributed by atoms with Crippen LogP contribution in [0.4, 0.5) is 11.9 Å². The molecule has 1 unspecified atom stereocenters. The Morgan fingerprint density at radius 3 is 2.75 bits per heavy atom. The van der Waals surface area contributed by atoms with Crippen molar-refractivity contribution in [1.29, 1.82) is 0 Å². The fourth-order valence-electron chi connectivity index (χ4n) is 1.68. The largest absolute Gasteiger partial charge is 0.383 e. The van der Waals surface area contributed by atoms with Crippen molar-refractivity contribution in [3.05, 3.63) is 18.5 Å². The van der Waals surface area contributed by atoms with Crippen molar-refractivity contribution in [2.24, 2.45) is 5.92 Å². The Bertz CT molecular complexity index is 541. The highest BCUT2D eigenvalue weighted by Crippen LogP contribution is 2.11. The van der Waals surface area contributed by atoms with E-state index in [1.54, 1.807) is 25.6 Å². The maximum absolute atomic E-state index is 5.72. The van der Waals surface area contributed by atoms with Gasteiger partial charge in [0.1, 0.15) is 0 Å². The van der Waals surface area contributed by atoms with Crippen molar-refractivity contribution in [3.63, 3.8) is 0 Å². The lowest BCUT2D eigenvalue weighted by Crippen LogP contribution is -2.31. The molecule has 3 N–H and O–H groups in total. The highest BCUT2D eigenvalue weighted by Gasteiger charge is 2.15. The molecule has 8 heteroatoms. The van der Waals surface area contributed by atoms with Crippen molar-refractivity contribution in [2.45, 2.75) is 19.9 Å². The van der Waals surface area contributed by atoms with E-state index in [1.807, 2.05) is 0 Å². The van der Waals surface area contributed by atoms with E-state index in [-0.39, 0.29) is 12.0 Å². The van der Waals surface area contributed by atoms with Crippen LogP contribution < -0.4 is 11.1 Å². The molecule has 8 nitrogen and oxygen atoms in total. The molecule has 108 valence electrons. The lowest BCUT2D eigenvalue weighted by atomic mass is 10.1. The molecule has 0 fully saturated rings. The third kappa shape index (κ3) is 3.41. The van der Waals surface area contributed by atoms with Crippen LogP contribution in [0.25, 0.3) is 5.95 Å². The number of rotatable bonds is 6. The zero-order chi connectivity index (χ0) is 14.5. The van der Waals surface area contributed by atoms with Crippen LogP contribution in [0.3, 0.4) is 0 Å². The number of methoxy groups -OCH3 is 1. The Morgan fingerprint density at radius 2 is 2.15 bits per heavy atom. The molecule has 0 saturated heterocycles. The summed E-state index contributed by atoms with van der Waals surface area (Å²) in [6.07, 6.45) is 3.39. The first-order valence-corrected chi connectivity index (χ1v) is 6.37. The fourth-order valence-corrected chi connectivity index (χ4v) is 1.68. The normalized spacial score (nSPS) is 12.6. The minimum atomic E-state index is 0.0901. The van der Waals surface area contributed by atoms with Crippen molar-refractivity contribution in [1.82, 2.24) is 24.7 Å². The number of nitrogen functional groups attached to an aromatic ring is 1.